The van der Waals surface area contributed by atoms with E-state index in [0.29, 0.717) is 18.3 Å². The third kappa shape index (κ3) is 2.17. The molecule has 1 heterocycles. The second-order valence-corrected chi connectivity index (χ2v) is 5.48. The topological polar surface area (TPSA) is 49.4 Å². The van der Waals surface area contributed by atoms with E-state index in [1.54, 1.807) is 0 Å². The number of amides is 2. The monoisotopic (exact) mass is 238 g/mol. The van der Waals surface area contributed by atoms with Crippen LogP contribution in [-0.4, -0.2) is 35.3 Å². The van der Waals surface area contributed by atoms with Crippen LogP contribution in [0.25, 0.3) is 0 Å². The summed E-state index contributed by atoms with van der Waals surface area (Å²) in [7, 11) is 0. The fraction of sp³-hybridized carbons (Fsp3) is 0.846. The maximum atomic E-state index is 12.3. The summed E-state index contributed by atoms with van der Waals surface area (Å²) in [6.45, 7) is 6.61. The summed E-state index contributed by atoms with van der Waals surface area (Å²) in [5.41, 5.74) is 0. The average Bonchev–Trinajstić information content (AvgIpc) is 2.63. The molecule has 96 valence electrons. The van der Waals surface area contributed by atoms with Crippen LogP contribution >= 0.6 is 0 Å². The molecule has 0 spiro atoms. The summed E-state index contributed by atoms with van der Waals surface area (Å²) < 4.78 is 0. The summed E-state index contributed by atoms with van der Waals surface area (Å²) in [5.74, 6) is 1.25. The molecule has 1 saturated heterocycles. The highest BCUT2D eigenvalue weighted by molar-refractivity contribution is 5.95. The molecule has 17 heavy (non-hydrogen) atoms. The maximum absolute atomic E-state index is 12.3. The smallest absolute Gasteiger partial charge is 0.245 e. The lowest BCUT2D eigenvalue weighted by atomic mass is 9.95. The van der Waals surface area contributed by atoms with E-state index in [-0.39, 0.29) is 30.4 Å². The fourth-order valence-electron chi connectivity index (χ4n) is 3.07. The molecule has 4 nitrogen and oxygen atoms in total. The highest BCUT2D eigenvalue weighted by Gasteiger charge is 2.41. The quantitative estimate of drug-likeness (QED) is 0.784. The lowest BCUT2D eigenvalue weighted by Crippen LogP contribution is -2.60. The Kier molecular flexibility index (Phi) is 3.40. The largest absolute Gasteiger partial charge is 0.343 e. The molecule has 1 aliphatic carbocycles. The number of hydrogen-bond donors (Lipinski definition) is 1. The van der Waals surface area contributed by atoms with Crippen LogP contribution in [0.3, 0.4) is 0 Å². The zero-order valence-electron chi connectivity index (χ0n) is 10.9. The van der Waals surface area contributed by atoms with Crippen LogP contribution < -0.4 is 5.32 Å². The van der Waals surface area contributed by atoms with E-state index in [4.69, 9.17) is 0 Å². The van der Waals surface area contributed by atoms with Crippen molar-refractivity contribution < 1.29 is 9.59 Å². The van der Waals surface area contributed by atoms with Crippen molar-refractivity contribution in [3.8, 4) is 0 Å². The van der Waals surface area contributed by atoms with Gasteiger partial charge in [0, 0.05) is 6.04 Å². The lowest BCUT2D eigenvalue weighted by molar-refractivity contribution is -0.147. The standard InChI is InChI=1S/C13H22N2O2/c1-4-10-13(17)15(7-12(16)14-10)11-6-5-8(2)9(11)3/h8-11H,4-7H2,1-3H3,(H,14,16). The van der Waals surface area contributed by atoms with Gasteiger partial charge >= 0.3 is 0 Å². The number of rotatable bonds is 2. The summed E-state index contributed by atoms with van der Waals surface area (Å²) in [5, 5.41) is 2.77. The lowest BCUT2D eigenvalue weighted by Gasteiger charge is -2.38. The molecular weight excluding hydrogens is 216 g/mol. The van der Waals surface area contributed by atoms with Crippen LogP contribution in [-0.2, 0) is 9.59 Å². The Morgan fingerprint density at radius 1 is 1.29 bits per heavy atom. The summed E-state index contributed by atoms with van der Waals surface area (Å²) in [4.78, 5) is 25.7. The van der Waals surface area contributed by atoms with Gasteiger partial charge in [-0.15, -0.1) is 0 Å². The van der Waals surface area contributed by atoms with E-state index in [1.165, 1.54) is 0 Å². The van der Waals surface area contributed by atoms with Gasteiger partial charge in [-0.3, -0.25) is 9.59 Å². The van der Waals surface area contributed by atoms with Gasteiger partial charge in [0.2, 0.25) is 11.8 Å². The molecule has 2 fully saturated rings. The van der Waals surface area contributed by atoms with Crippen molar-refractivity contribution >= 4 is 11.8 Å². The minimum absolute atomic E-state index is 0.0109. The van der Waals surface area contributed by atoms with Gasteiger partial charge < -0.3 is 10.2 Å². The van der Waals surface area contributed by atoms with Gasteiger partial charge in [0.1, 0.15) is 6.04 Å². The van der Waals surface area contributed by atoms with Crippen molar-refractivity contribution in [1.82, 2.24) is 10.2 Å². The third-order valence-corrected chi connectivity index (χ3v) is 4.46. The molecular formula is C13H22N2O2. The van der Waals surface area contributed by atoms with E-state index in [0.717, 1.165) is 12.8 Å². The van der Waals surface area contributed by atoms with Gasteiger partial charge in [0.25, 0.3) is 0 Å². The van der Waals surface area contributed by atoms with Crippen molar-refractivity contribution in [1.29, 1.82) is 0 Å². The van der Waals surface area contributed by atoms with E-state index < -0.39 is 0 Å². The molecule has 0 radical (unpaired) electrons. The summed E-state index contributed by atoms with van der Waals surface area (Å²) >= 11 is 0. The Hall–Kier alpha value is -1.06. The number of carbonyl (C=O) groups excluding carboxylic acids is 2. The van der Waals surface area contributed by atoms with Gasteiger partial charge in [-0.2, -0.15) is 0 Å². The van der Waals surface area contributed by atoms with Crippen molar-refractivity contribution in [2.45, 2.75) is 52.1 Å². The predicted octanol–water partition coefficient (Wildman–Crippen LogP) is 1.16. The molecule has 1 N–H and O–H groups in total. The number of hydrogen-bond acceptors (Lipinski definition) is 2. The molecule has 4 unspecified atom stereocenters. The third-order valence-electron chi connectivity index (χ3n) is 4.46. The highest BCUT2D eigenvalue weighted by Crippen LogP contribution is 2.35. The van der Waals surface area contributed by atoms with E-state index in [1.807, 2.05) is 11.8 Å². The first-order valence-corrected chi connectivity index (χ1v) is 6.64. The minimum atomic E-state index is -0.306. The van der Waals surface area contributed by atoms with Crippen LogP contribution in [0.5, 0.6) is 0 Å². The molecule has 0 bridgehead atoms. The first kappa shape index (κ1) is 12.4. The Balaban J connectivity index is 2.14. The molecule has 1 saturated carbocycles. The molecule has 0 aromatic rings. The SMILES string of the molecule is CCC1NC(=O)CN(C2CCC(C)C2C)C1=O. The van der Waals surface area contributed by atoms with Crippen LogP contribution in [0.4, 0.5) is 0 Å². The number of nitrogens with one attached hydrogen (secondary N) is 1. The molecule has 4 atom stereocenters. The van der Waals surface area contributed by atoms with Crippen molar-refractivity contribution in [2.24, 2.45) is 11.8 Å². The number of nitrogens with zero attached hydrogens (tertiary/aromatic N) is 1. The van der Waals surface area contributed by atoms with Gasteiger partial charge in [-0.05, 0) is 31.1 Å². The van der Waals surface area contributed by atoms with Crippen LogP contribution in [0, 0.1) is 11.8 Å². The van der Waals surface area contributed by atoms with E-state index >= 15 is 0 Å². The van der Waals surface area contributed by atoms with Crippen LogP contribution in [0.1, 0.15) is 40.0 Å². The Bertz CT molecular complexity index is 329. The maximum Gasteiger partial charge on any atom is 0.245 e. The molecule has 0 aromatic heterocycles. The Morgan fingerprint density at radius 3 is 2.53 bits per heavy atom. The predicted molar refractivity (Wildman–Crippen MR) is 65.3 cm³/mol. The Morgan fingerprint density at radius 2 is 2.00 bits per heavy atom. The number of piperazine rings is 1. The first-order chi connectivity index (χ1) is 8.04. The Labute approximate surface area is 103 Å². The van der Waals surface area contributed by atoms with Gasteiger partial charge in [-0.1, -0.05) is 20.8 Å². The molecule has 2 amide bonds. The number of carbonyl (C=O) groups is 2. The highest BCUT2D eigenvalue weighted by atomic mass is 16.2. The minimum Gasteiger partial charge on any atom is -0.343 e. The van der Waals surface area contributed by atoms with Gasteiger partial charge in [0.15, 0.2) is 0 Å². The second kappa shape index (κ2) is 4.67. The van der Waals surface area contributed by atoms with Crippen molar-refractivity contribution in [3.05, 3.63) is 0 Å². The van der Waals surface area contributed by atoms with Gasteiger partial charge in [-0.25, -0.2) is 0 Å². The molecule has 2 rings (SSSR count). The molecule has 4 heteroatoms. The van der Waals surface area contributed by atoms with Crippen LogP contribution in [0.15, 0.2) is 0 Å². The van der Waals surface area contributed by atoms with E-state index in [2.05, 4.69) is 19.2 Å². The molecule has 2 aliphatic rings. The van der Waals surface area contributed by atoms with Crippen LogP contribution in [0.2, 0.25) is 0 Å². The average molecular weight is 238 g/mol. The molecule has 1 aliphatic heterocycles. The normalized spacial score (nSPS) is 38.4. The zero-order valence-corrected chi connectivity index (χ0v) is 10.9. The van der Waals surface area contributed by atoms with Crippen molar-refractivity contribution in [2.75, 3.05) is 6.54 Å². The zero-order chi connectivity index (χ0) is 12.6. The first-order valence-electron chi connectivity index (χ1n) is 6.64. The fourth-order valence-corrected chi connectivity index (χ4v) is 3.07. The van der Waals surface area contributed by atoms with Gasteiger partial charge in [0.05, 0.1) is 6.54 Å². The molecule has 0 aromatic carbocycles. The van der Waals surface area contributed by atoms with Crippen molar-refractivity contribution in [3.63, 3.8) is 0 Å². The van der Waals surface area contributed by atoms with E-state index in [9.17, 15) is 9.59 Å². The summed E-state index contributed by atoms with van der Waals surface area (Å²) in [6.07, 6.45) is 2.88. The second-order valence-electron chi connectivity index (χ2n) is 5.48. The summed E-state index contributed by atoms with van der Waals surface area (Å²) in [6, 6.07) is -0.0445.